The number of halogens is 20. The van der Waals surface area contributed by atoms with Crippen molar-refractivity contribution in [2.75, 3.05) is 6.16 Å². The fourth-order valence-electron chi connectivity index (χ4n) is 8.65. The summed E-state index contributed by atoms with van der Waals surface area (Å²) in [5.74, 6) is -71.4. The van der Waals surface area contributed by atoms with E-state index in [1.165, 1.54) is 0 Å². The Morgan fingerprint density at radius 2 is 0.514 bits per heavy atom. The molecule has 0 saturated carbocycles. The van der Waals surface area contributed by atoms with Crippen molar-refractivity contribution in [1.82, 2.24) is 0 Å². The van der Waals surface area contributed by atoms with Gasteiger partial charge < -0.3 is 5.11 Å². The van der Waals surface area contributed by atoms with Crippen LogP contribution in [-0.4, -0.2) is 23.2 Å². The highest BCUT2D eigenvalue weighted by Gasteiger charge is 2.53. The van der Waals surface area contributed by atoms with Crippen LogP contribution in [0.3, 0.4) is 0 Å². The number of phenols is 1. The molecule has 0 unspecified atom stereocenters. The Morgan fingerprint density at radius 1 is 0.311 bits per heavy atom. The Hall–Kier alpha value is -7.68. The summed E-state index contributed by atoms with van der Waals surface area (Å²) < 4.78 is 294. The lowest BCUT2D eigenvalue weighted by Gasteiger charge is -2.44. The number of benzene rings is 8. The standard InChI is InChI=1S/C26H21O2P.C24BF20/c27-25-19-11-10-18-24(25)26(28)20-29(21-12-4-1-5-13-21,22-14-6-2-7-15-22)23-16-8-3-9-17-23;26-5-1(6(27)14(35)21(42)13(5)34)25(2-7(28)15(36)22(43)16(37)8(2)29,3-9(30)17(38)23(44)18(39)10(3)31)4-11(32)19(40)24(45)20(41)12(4)33/h1-19H,20H2;/q;-1/p+1. The monoisotopic (exact) mass is 1080 g/mol. The Kier molecular flexibility index (Phi) is 15.1. The molecule has 24 heteroatoms. The number of para-hydroxylation sites is 1. The number of hydrogen-bond acceptors (Lipinski definition) is 2. The summed E-state index contributed by atoms with van der Waals surface area (Å²) in [6, 6.07) is 37.7. The molecule has 1 N–H and O–H groups in total. The smallest absolute Gasteiger partial charge is 0.204 e. The highest BCUT2D eigenvalue weighted by Crippen LogP contribution is 2.55. The van der Waals surface area contributed by atoms with Crippen LogP contribution < -0.4 is 37.8 Å². The van der Waals surface area contributed by atoms with E-state index in [2.05, 4.69) is 36.4 Å². The van der Waals surface area contributed by atoms with Crippen molar-refractivity contribution in [1.29, 1.82) is 0 Å². The molecule has 0 spiro atoms. The predicted molar refractivity (Wildman–Crippen MR) is 232 cm³/mol. The van der Waals surface area contributed by atoms with E-state index in [1.54, 1.807) is 24.3 Å². The summed E-state index contributed by atoms with van der Waals surface area (Å²) in [6.07, 6.45) is -6.90. The second-order valence-corrected chi connectivity index (χ2v) is 19.2. The van der Waals surface area contributed by atoms with E-state index in [0.717, 1.165) is 15.9 Å². The maximum atomic E-state index is 15.4. The number of aromatic hydroxyl groups is 1. The van der Waals surface area contributed by atoms with Crippen LogP contribution in [0.5, 0.6) is 5.75 Å². The van der Waals surface area contributed by atoms with Crippen molar-refractivity contribution in [3.63, 3.8) is 0 Å². The van der Waals surface area contributed by atoms with Gasteiger partial charge in [-0.3, -0.25) is 4.79 Å². The van der Waals surface area contributed by atoms with Gasteiger partial charge in [-0.2, -0.15) is 0 Å². The van der Waals surface area contributed by atoms with E-state index in [9.17, 15) is 62.6 Å². The number of carbonyl (C=O) groups excluding carboxylic acids is 1. The highest BCUT2D eigenvalue weighted by atomic mass is 31.2. The topological polar surface area (TPSA) is 37.3 Å². The first-order valence-electron chi connectivity index (χ1n) is 20.5. The zero-order valence-corrected chi connectivity index (χ0v) is 37.0. The van der Waals surface area contributed by atoms with E-state index in [1.807, 2.05) is 54.6 Å². The summed E-state index contributed by atoms with van der Waals surface area (Å²) in [5.41, 5.74) is -14.0. The summed E-state index contributed by atoms with van der Waals surface area (Å²) in [6.45, 7) is 0. The Bertz CT molecular complexity index is 3040. The Labute approximate surface area is 403 Å². The lowest BCUT2D eigenvalue weighted by molar-refractivity contribution is 0.101. The second-order valence-electron chi connectivity index (χ2n) is 15.7. The molecule has 0 aliphatic heterocycles. The number of ketones is 1. The molecule has 0 radical (unpaired) electrons. The number of carbonyl (C=O) groups is 1. The third kappa shape index (κ3) is 8.49. The van der Waals surface area contributed by atoms with Gasteiger partial charge in [0.25, 0.3) is 0 Å². The zero-order chi connectivity index (χ0) is 54.5. The van der Waals surface area contributed by atoms with Gasteiger partial charge in [0.2, 0.25) is 5.78 Å². The van der Waals surface area contributed by atoms with Crippen molar-refractivity contribution in [3.8, 4) is 5.75 Å². The van der Waals surface area contributed by atoms with Crippen LogP contribution in [0.2, 0.25) is 0 Å². The summed E-state index contributed by atoms with van der Waals surface area (Å²) in [4.78, 5) is 13.5. The summed E-state index contributed by atoms with van der Waals surface area (Å²) in [7, 11) is -2.26. The van der Waals surface area contributed by atoms with Crippen LogP contribution in [0.4, 0.5) is 87.8 Å². The highest BCUT2D eigenvalue weighted by molar-refractivity contribution is 7.96. The molecule has 0 aromatic heterocycles. The van der Waals surface area contributed by atoms with Gasteiger partial charge in [0, 0.05) is 0 Å². The molecule has 0 amide bonds. The summed E-state index contributed by atoms with van der Waals surface area (Å²) in [5, 5.41) is 13.7. The van der Waals surface area contributed by atoms with E-state index >= 15 is 35.1 Å². The Balaban J connectivity index is 0.000000237. The number of Topliss-reactive ketones (excluding diaryl/α,β-unsaturated/α-hetero) is 1. The maximum Gasteiger partial charge on any atom is 0.204 e. The van der Waals surface area contributed by atoms with E-state index < -0.39 is 152 Å². The molecule has 8 aromatic carbocycles. The average Bonchev–Trinajstić information content (AvgIpc) is 3.41. The lowest BCUT2D eigenvalue weighted by atomic mass is 9.12. The molecule has 0 bridgehead atoms. The normalized spacial score (nSPS) is 11.7. The molecule has 0 saturated heterocycles. The number of phenolic OH excluding ortho intramolecular Hbond substituents is 1. The predicted octanol–water partition coefficient (Wildman–Crippen LogP) is 10.4. The van der Waals surface area contributed by atoms with Gasteiger partial charge in [0.1, 0.15) is 87.8 Å². The fourth-order valence-corrected chi connectivity index (χ4v) is 12.7. The van der Waals surface area contributed by atoms with Crippen molar-refractivity contribution in [2.45, 2.75) is 0 Å². The molecule has 74 heavy (non-hydrogen) atoms. The van der Waals surface area contributed by atoms with Crippen molar-refractivity contribution in [3.05, 3.63) is 237 Å². The second kappa shape index (κ2) is 20.7. The van der Waals surface area contributed by atoms with Crippen molar-refractivity contribution in [2.24, 2.45) is 0 Å². The Morgan fingerprint density at radius 3 is 0.743 bits per heavy atom. The summed E-state index contributed by atoms with van der Waals surface area (Å²) >= 11 is 0. The van der Waals surface area contributed by atoms with Gasteiger partial charge in [-0.1, -0.05) is 66.7 Å². The van der Waals surface area contributed by atoms with Crippen LogP contribution in [0, 0.1) is 116 Å². The van der Waals surface area contributed by atoms with Gasteiger partial charge in [-0.25, -0.2) is 87.8 Å². The third-order valence-electron chi connectivity index (χ3n) is 11.9. The molecule has 0 aliphatic carbocycles. The first-order valence-corrected chi connectivity index (χ1v) is 22.5. The average molecular weight is 1080 g/mol. The first kappa shape index (κ1) is 54.1. The van der Waals surface area contributed by atoms with Gasteiger partial charge in [0.05, 0.1) is 5.56 Å². The lowest BCUT2D eigenvalue weighted by Crippen LogP contribution is -2.81. The van der Waals surface area contributed by atoms with Gasteiger partial charge in [0.15, 0.2) is 69.8 Å². The van der Waals surface area contributed by atoms with Crippen LogP contribution in [0.1, 0.15) is 10.4 Å². The quantitative estimate of drug-likeness (QED) is 0.0370. The van der Waals surface area contributed by atoms with Crippen LogP contribution in [0.25, 0.3) is 0 Å². The molecule has 0 fully saturated rings. The van der Waals surface area contributed by atoms with Gasteiger partial charge >= 0.3 is 0 Å². The molecular weight excluding hydrogens is 1050 g/mol. The molecule has 0 atom stereocenters. The van der Waals surface area contributed by atoms with Crippen molar-refractivity contribution < 1.29 is 97.7 Å². The van der Waals surface area contributed by atoms with Crippen LogP contribution in [0.15, 0.2) is 115 Å². The first-order chi connectivity index (χ1) is 34.9. The minimum absolute atomic E-state index is 0.0322. The van der Waals surface area contributed by atoms with Crippen LogP contribution in [-0.2, 0) is 0 Å². The number of hydrogen-bond donors (Lipinski definition) is 1. The van der Waals surface area contributed by atoms with E-state index in [4.69, 9.17) is 0 Å². The van der Waals surface area contributed by atoms with Gasteiger partial charge in [-0.05, 0) is 48.5 Å². The fraction of sp³-hybridized carbons (Fsp3) is 0.0200. The molecule has 0 heterocycles. The van der Waals surface area contributed by atoms with Crippen LogP contribution >= 0.6 is 7.26 Å². The minimum atomic E-state index is -7.22. The van der Waals surface area contributed by atoms with Crippen molar-refractivity contribution >= 4 is 57.0 Å². The molecule has 382 valence electrons. The third-order valence-corrected chi connectivity index (χ3v) is 16.2. The molecule has 8 rings (SSSR count). The number of rotatable bonds is 10. The largest absolute Gasteiger partial charge is 0.507 e. The SMILES string of the molecule is Fc1c(F)c(F)c([B-](c2c(F)c(F)c(F)c(F)c2F)(c2c(F)c(F)c(F)c(F)c2F)c2c(F)c(F)c(F)c(F)c2F)c(F)c1F.O=C(C[P+](c1ccccc1)(c1ccccc1)c1ccccc1)c1ccccc1O. The molecular formula is C50H22BF20O2P. The molecule has 2 nitrogen and oxygen atoms in total. The van der Waals surface area contributed by atoms with E-state index in [-0.39, 0.29) is 11.5 Å². The maximum absolute atomic E-state index is 15.4. The molecule has 8 aromatic rings. The van der Waals surface area contributed by atoms with E-state index in [0.29, 0.717) is 11.7 Å². The minimum Gasteiger partial charge on any atom is -0.507 e. The van der Waals surface area contributed by atoms with Gasteiger partial charge in [-0.15, -0.1) is 21.9 Å². The zero-order valence-electron chi connectivity index (χ0n) is 36.1. The molecule has 0 aliphatic rings.